The van der Waals surface area contributed by atoms with Crippen molar-refractivity contribution in [3.8, 4) is 0 Å². The fourth-order valence-electron chi connectivity index (χ4n) is 1.94. The maximum atomic E-state index is 12.2. The molecule has 1 aliphatic carbocycles. The molecule has 0 aliphatic heterocycles. The Bertz CT molecular complexity index is 656. The third kappa shape index (κ3) is 3.65. The Morgan fingerprint density at radius 2 is 2.33 bits per heavy atom. The van der Waals surface area contributed by atoms with Gasteiger partial charge in [0.1, 0.15) is 6.33 Å². The minimum Gasteiger partial charge on any atom is -0.325 e. The summed E-state index contributed by atoms with van der Waals surface area (Å²) in [6, 6.07) is 8.07. The predicted octanol–water partition coefficient (Wildman–Crippen LogP) is 3.49. The summed E-state index contributed by atoms with van der Waals surface area (Å²) in [7, 11) is 0. The summed E-state index contributed by atoms with van der Waals surface area (Å²) in [6.45, 7) is 1.88. The first-order chi connectivity index (χ1) is 10.1. The van der Waals surface area contributed by atoms with Crippen LogP contribution in [0.25, 0.3) is 0 Å². The van der Waals surface area contributed by atoms with E-state index in [0.717, 1.165) is 15.3 Å². The van der Waals surface area contributed by atoms with E-state index in [0.29, 0.717) is 6.04 Å². The molecule has 1 N–H and O–H groups in total. The number of halogens is 1. The van der Waals surface area contributed by atoms with Crippen molar-refractivity contribution in [1.29, 1.82) is 0 Å². The lowest BCUT2D eigenvalue weighted by atomic mass is 10.3. The van der Waals surface area contributed by atoms with Crippen LogP contribution in [0, 0.1) is 0 Å². The SMILES string of the molecule is CC(Sc1nncn1C1CC1)C(=O)Nc1cccc(Br)c1. The monoisotopic (exact) mass is 366 g/mol. The molecule has 110 valence electrons. The minimum absolute atomic E-state index is 0.0385. The van der Waals surface area contributed by atoms with Crippen molar-refractivity contribution in [2.24, 2.45) is 0 Å². The van der Waals surface area contributed by atoms with Gasteiger partial charge in [0.25, 0.3) is 0 Å². The zero-order chi connectivity index (χ0) is 14.8. The van der Waals surface area contributed by atoms with Gasteiger partial charge in [-0.05, 0) is 38.0 Å². The van der Waals surface area contributed by atoms with Crippen LogP contribution in [0.1, 0.15) is 25.8 Å². The highest BCUT2D eigenvalue weighted by atomic mass is 79.9. The minimum atomic E-state index is -0.231. The van der Waals surface area contributed by atoms with E-state index in [1.54, 1.807) is 6.33 Å². The van der Waals surface area contributed by atoms with E-state index in [2.05, 4.69) is 36.0 Å². The number of carbonyl (C=O) groups excluding carboxylic acids is 1. The molecule has 0 spiro atoms. The molecule has 1 amide bonds. The van der Waals surface area contributed by atoms with Crippen molar-refractivity contribution in [3.05, 3.63) is 35.1 Å². The van der Waals surface area contributed by atoms with Gasteiger partial charge >= 0.3 is 0 Å². The van der Waals surface area contributed by atoms with E-state index >= 15 is 0 Å². The molecule has 1 fully saturated rings. The molecule has 7 heteroatoms. The van der Waals surface area contributed by atoms with Gasteiger partial charge in [0.2, 0.25) is 5.91 Å². The number of amides is 1. The summed E-state index contributed by atoms with van der Waals surface area (Å²) in [5.41, 5.74) is 0.783. The fourth-order valence-corrected chi connectivity index (χ4v) is 3.23. The second-order valence-electron chi connectivity index (χ2n) is 5.01. The number of anilines is 1. The Kier molecular flexibility index (Phi) is 4.30. The average Bonchev–Trinajstić information content (AvgIpc) is 3.19. The van der Waals surface area contributed by atoms with Crippen molar-refractivity contribution in [2.75, 3.05) is 5.32 Å². The summed E-state index contributed by atoms with van der Waals surface area (Å²) in [5, 5.41) is 11.6. The number of rotatable bonds is 5. The highest BCUT2D eigenvalue weighted by molar-refractivity contribution is 9.10. The number of thioether (sulfide) groups is 1. The van der Waals surface area contributed by atoms with E-state index in [9.17, 15) is 4.79 Å². The third-order valence-electron chi connectivity index (χ3n) is 3.22. The van der Waals surface area contributed by atoms with Gasteiger partial charge in [-0.3, -0.25) is 4.79 Å². The number of benzene rings is 1. The van der Waals surface area contributed by atoms with E-state index in [4.69, 9.17) is 0 Å². The molecule has 21 heavy (non-hydrogen) atoms. The van der Waals surface area contributed by atoms with Crippen molar-refractivity contribution in [2.45, 2.75) is 36.2 Å². The lowest BCUT2D eigenvalue weighted by molar-refractivity contribution is -0.115. The van der Waals surface area contributed by atoms with Crippen LogP contribution in [0.4, 0.5) is 5.69 Å². The smallest absolute Gasteiger partial charge is 0.237 e. The lowest BCUT2D eigenvalue weighted by Gasteiger charge is -2.12. The van der Waals surface area contributed by atoms with Gasteiger partial charge in [-0.1, -0.05) is 33.8 Å². The first kappa shape index (κ1) is 14.6. The van der Waals surface area contributed by atoms with Crippen LogP contribution in [0.5, 0.6) is 0 Å². The predicted molar refractivity (Wildman–Crippen MR) is 86.4 cm³/mol. The zero-order valence-corrected chi connectivity index (χ0v) is 13.9. The van der Waals surface area contributed by atoms with Crippen LogP contribution in [0.15, 0.2) is 40.2 Å². The first-order valence-electron chi connectivity index (χ1n) is 6.76. The number of nitrogens with zero attached hydrogens (tertiary/aromatic N) is 3. The molecule has 0 saturated heterocycles. The largest absolute Gasteiger partial charge is 0.325 e. The molecule has 1 aromatic carbocycles. The Morgan fingerprint density at radius 1 is 1.52 bits per heavy atom. The first-order valence-corrected chi connectivity index (χ1v) is 8.43. The molecule has 1 aromatic heterocycles. The zero-order valence-electron chi connectivity index (χ0n) is 11.5. The molecular weight excluding hydrogens is 352 g/mol. The summed E-state index contributed by atoms with van der Waals surface area (Å²) < 4.78 is 3.00. The summed E-state index contributed by atoms with van der Waals surface area (Å²) in [6.07, 6.45) is 4.09. The summed E-state index contributed by atoms with van der Waals surface area (Å²) >= 11 is 4.83. The maximum absolute atomic E-state index is 12.2. The van der Waals surface area contributed by atoms with Crippen molar-refractivity contribution >= 4 is 39.3 Å². The molecule has 1 heterocycles. The molecule has 2 aromatic rings. The van der Waals surface area contributed by atoms with Crippen molar-refractivity contribution < 1.29 is 4.79 Å². The quantitative estimate of drug-likeness (QED) is 0.822. The number of nitrogens with one attached hydrogen (secondary N) is 1. The molecule has 1 saturated carbocycles. The molecule has 0 bridgehead atoms. The number of hydrogen-bond donors (Lipinski definition) is 1. The van der Waals surface area contributed by atoms with E-state index < -0.39 is 0 Å². The molecule has 5 nitrogen and oxygen atoms in total. The van der Waals surface area contributed by atoms with Crippen LogP contribution in [0.2, 0.25) is 0 Å². The highest BCUT2D eigenvalue weighted by Gasteiger charge is 2.27. The summed E-state index contributed by atoms with van der Waals surface area (Å²) in [4.78, 5) is 12.2. The van der Waals surface area contributed by atoms with Crippen LogP contribution >= 0.6 is 27.7 Å². The summed E-state index contributed by atoms with van der Waals surface area (Å²) in [5.74, 6) is -0.0385. The Morgan fingerprint density at radius 3 is 3.05 bits per heavy atom. The molecule has 1 atom stereocenters. The highest BCUT2D eigenvalue weighted by Crippen LogP contribution is 2.38. The molecule has 1 unspecified atom stereocenters. The van der Waals surface area contributed by atoms with Gasteiger partial charge in [-0.15, -0.1) is 10.2 Å². The molecule has 1 aliphatic rings. The van der Waals surface area contributed by atoms with Crippen LogP contribution < -0.4 is 5.32 Å². The van der Waals surface area contributed by atoms with Gasteiger partial charge in [0.05, 0.1) is 5.25 Å². The fraction of sp³-hybridized carbons (Fsp3) is 0.357. The second kappa shape index (κ2) is 6.19. The molecule has 3 rings (SSSR count). The lowest BCUT2D eigenvalue weighted by Crippen LogP contribution is -2.22. The van der Waals surface area contributed by atoms with Crippen LogP contribution in [0.3, 0.4) is 0 Å². The Hall–Kier alpha value is -1.34. The van der Waals surface area contributed by atoms with Gasteiger partial charge in [-0.25, -0.2) is 0 Å². The Labute approximate surface area is 135 Å². The number of hydrogen-bond acceptors (Lipinski definition) is 4. The van der Waals surface area contributed by atoms with Gasteiger partial charge in [-0.2, -0.15) is 0 Å². The van der Waals surface area contributed by atoms with E-state index in [1.807, 2.05) is 31.2 Å². The standard InChI is InChI=1S/C14H15BrN4OS/c1-9(13(20)17-11-4-2-3-10(15)7-11)21-14-18-16-8-19(14)12-5-6-12/h2-4,7-9,12H,5-6H2,1H3,(H,17,20). The topological polar surface area (TPSA) is 59.8 Å². The maximum Gasteiger partial charge on any atom is 0.237 e. The Balaban J connectivity index is 1.63. The number of aromatic nitrogens is 3. The molecular formula is C14H15BrN4OS. The third-order valence-corrected chi connectivity index (χ3v) is 4.79. The van der Waals surface area contributed by atoms with Crippen molar-refractivity contribution in [1.82, 2.24) is 14.8 Å². The average molecular weight is 367 g/mol. The normalized spacial score (nSPS) is 15.7. The van der Waals surface area contributed by atoms with Crippen LogP contribution in [-0.2, 0) is 4.79 Å². The van der Waals surface area contributed by atoms with Gasteiger partial charge < -0.3 is 9.88 Å². The second-order valence-corrected chi connectivity index (χ2v) is 7.24. The van der Waals surface area contributed by atoms with E-state index in [1.165, 1.54) is 24.6 Å². The molecule has 0 radical (unpaired) electrons. The van der Waals surface area contributed by atoms with Crippen LogP contribution in [-0.4, -0.2) is 25.9 Å². The van der Waals surface area contributed by atoms with E-state index in [-0.39, 0.29) is 11.2 Å². The van der Waals surface area contributed by atoms with Crippen molar-refractivity contribution in [3.63, 3.8) is 0 Å². The van der Waals surface area contributed by atoms with Gasteiger partial charge in [0.15, 0.2) is 5.16 Å². The van der Waals surface area contributed by atoms with Gasteiger partial charge in [0, 0.05) is 16.2 Å². The number of carbonyl (C=O) groups is 1.